The molecular formula is C23H27ClIN5O2. The number of unbranched alkanes of at least 4 members (excludes halogenated alkanes) is 1. The van der Waals surface area contributed by atoms with Crippen molar-refractivity contribution in [1.29, 1.82) is 0 Å². The van der Waals surface area contributed by atoms with Gasteiger partial charge in [0.15, 0.2) is 5.96 Å². The summed E-state index contributed by atoms with van der Waals surface area (Å²) in [5.74, 6) is 0.140. The van der Waals surface area contributed by atoms with E-state index in [0.717, 1.165) is 43.3 Å². The van der Waals surface area contributed by atoms with E-state index in [1.54, 1.807) is 24.3 Å². The van der Waals surface area contributed by atoms with Gasteiger partial charge in [0.05, 0.1) is 11.1 Å². The number of nitrogens with two attached hydrogens (primary N) is 1. The lowest BCUT2D eigenvalue weighted by Gasteiger charge is -2.36. The number of amides is 2. The van der Waals surface area contributed by atoms with Crippen LogP contribution in [0.2, 0.25) is 5.02 Å². The van der Waals surface area contributed by atoms with Gasteiger partial charge < -0.3 is 15.5 Å². The van der Waals surface area contributed by atoms with Crippen molar-refractivity contribution in [3.05, 3.63) is 64.7 Å². The van der Waals surface area contributed by atoms with Crippen molar-refractivity contribution in [2.24, 2.45) is 10.7 Å². The van der Waals surface area contributed by atoms with Gasteiger partial charge in [-0.15, -0.1) is 24.0 Å². The summed E-state index contributed by atoms with van der Waals surface area (Å²) in [5, 5.41) is 0.738. The summed E-state index contributed by atoms with van der Waals surface area (Å²) in [6.45, 7) is 4.35. The molecule has 4 rings (SSSR count). The first-order chi connectivity index (χ1) is 15.0. The third-order valence-corrected chi connectivity index (χ3v) is 5.99. The molecule has 1 fully saturated rings. The van der Waals surface area contributed by atoms with Crippen LogP contribution in [0.25, 0.3) is 0 Å². The monoisotopic (exact) mass is 567 g/mol. The number of fused-ring (bicyclic) bond motifs is 1. The number of piperazine rings is 1. The number of benzene rings is 2. The number of halogens is 2. The Morgan fingerprint density at radius 1 is 0.906 bits per heavy atom. The van der Waals surface area contributed by atoms with Crippen LogP contribution in [0.5, 0.6) is 0 Å². The predicted molar refractivity (Wildman–Crippen MR) is 138 cm³/mol. The lowest BCUT2D eigenvalue weighted by atomic mass is 10.1. The van der Waals surface area contributed by atoms with Gasteiger partial charge >= 0.3 is 0 Å². The van der Waals surface area contributed by atoms with E-state index in [-0.39, 0.29) is 35.8 Å². The molecule has 7 nitrogen and oxygen atoms in total. The molecule has 9 heteroatoms. The zero-order valence-electron chi connectivity index (χ0n) is 17.7. The minimum absolute atomic E-state index is 0. The number of nitrogens with zero attached hydrogens (tertiary/aromatic N) is 4. The zero-order valence-corrected chi connectivity index (χ0v) is 20.8. The fourth-order valence-electron chi connectivity index (χ4n) is 3.96. The second-order valence-corrected chi connectivity index (χ2v) is 8.14. The summed E-state index contributed by atoms with van der Waals surface area (Å²) in [5.41, 5.74) is 8.33. The molecule has 170 valence electrons. The number of carbonyl (C=O) groups excluding carboxylic acids is 2. The molecule has 2 aromatic carbocycles. The SMILES string of the molecule is I.NC(=NCCCCN1C(=O)c2ccccc2C1=O)N1CCN(c2ccc(Cl)cc2)CC1. The van der Waals surface area contributed by atoms with E-state index in [1.165, 1.54) is 4.90 Å². The lowest BCUT2D eigenvalue weighted by Crippen LogP contribution is -2.51. The molecule has 2 heterocycles. The van der Waals surface area contributed by atoms with Gasteiger partial charge in [-0.1, -0.05) is 23.7 Å². The van der Waals surface area contributed by atoms with Crippen molar-refractivity contribution in [3.8, 4) is 0 Å². The molecular weight excluding hydrogens is 541 g/mol. The van der Waals surface area contributed by atoms with Crippen LogP contribution in [0.1, 0.15) is 33.6 Å². The summed E-state index contributed by atoms with van der Waals surface area (Å²) >= 11 is 5.96. The first-order valence-electron chi connectivity index (χ1n) is 10.6. The smallest absolute Gasteiger partial charge is 0.261 e. The number of guanidine groups is 1. The largest absolute Gasteiger partial charge is 0.370 e. The molecule has 0 saturated carbocycles. The topological polar surface area (TPSA) is 82.2 Å². The van der Waals surface area contributed by atoms with E-state index in [2.05, 4.69) is 14.8 Å². The van der Waals surface area contributed by atoms with E-state index in [1.807, 2.05) is 24.3 Å². The highest BCUT2D eigenvalue weighted by molar-refractivity contribution is 14.0. The van der Waals surface area contributed by atoms with E-state index in [9.17, 15) is 9.59 Å². The second-order valence-electron chi connectivity index (χ2n) is 7.71. The van der Waals surface area contributed by atoms with E-state index >= 15 is 0 Å². The number of hydrogen-bond donors (Lipinski definition) is 1. The Labute approximate surface area is 210 Å². The van der Waals surface area contributed by atoms with Crippen LogP contribution < -0.4 is 10.6 Å². The summed E-state index contributed by atoms with van der Waals surface area (Å²) in [7, 11) is 0. The number of carbonyl (C=O) groups is 2. The van der Waals surface area contributed by atoms with E-state index < -0.39 is 0 Å². The van der Waals surface area contributed by atoms with Crippen molar-refractivity contribution in [2.75, 3.05) is 44.2 Å². The number of anilines is 1. The third-order valence-electron chi connectivity index (χ3n) is 5.74. The van der Waals surface area contributed by atoms with Crippen LogP contribution in [-0.2, 0) is 0 Å². The van der Waals surface area contributed by atoms with Gasteiger partial charge in [-0.3, -0.25) is 19.5 Å². The maximum absolute atomic E-state index is 12.4. The zero-order chi connectivity index (χ0) is 21.8. The van der Waals surface area contributed by atoms with Crippen LogP contribution in [-0.4, -0.2) is 66.8 Å². The van der Waals surface area contributed by atoms with Crippen molar-refractivity contribution >= 4 is 59.0 Å². The Kier molecular flexibility index (Phi) is 8.36. The molecule has 2 amide bonds. The molecule has 32 heavy (non-hydrogen) atoms. The fourth-order valence-corrected chi connectivity index (χ4v) is 4.09. The number of imide groups is 1. The molecule has 2 aliphatic heterocycles. The Balaban J connectivity index is 0.00000289. The van der Waals surface area contributed by atoms with Gasteiger partial charge in [0.1, 0.15) is 0 Å². The highest BCUT2D eigenvalue weighted by atomic mass is 127. The van der Waals surface area contributed by atoms with E-state index in [0.29, 0.717) is 36.6 Å². The Morgan fingerprint density at radius 3 is 2.09 bits per heavy atom. The third kappa shape index (κ3) is 5.35. The molecule has 0 bridgehead atoms. The normalized spacial score (nSPS) is 16.3. The quantitative estimate of drug-likeness (QED) is 0.190. The molecule has 0 spiro atoms. The number of hydrogen-bond acceptors (Lipinski definition) is 4. The molecule has 0 atom stereocenters. The van der Waals surface area contributed by atoms with Crippen LogP contribution in [0.3, 0.4) is 0 Å². The Morgan fingerprint density at radius 2 is 1.50 bits per heavy atom. The minimum atomic E-state index is -0.206. The van der Waals surface area contributed by atoms with Crippen LogP contribution in [0.15, 0.2) is 53.5 Å². The first-order valence-corrected chi connectivity index (χ1v) is 10.9. The van der Waals surface area contributed by atoms with Crippen molar-refractivity contribution in [3.63, 3.8) is 0 Å². The first kappa shape index (κ1) is 24.3. The highest BCUT2D eigenvalue weighted by Gasteiger charge is 2.34. The molecule has 0 radical (unpaired) electrons. The fraction of sp³-hybridized carbons (Fsp3) is 0.348. The van der Waals surface area contributed by atoms with Gasteiger partial charge in [-0.25, -0.2) is 0 Å². The van der Waals surface area contributed by atoms with E-state index in [4.69, 9.17) is 17.3 Å². The molecule has 2 aromatic rings. The summed E-state index contributed by atoms with van der Waals surface area (Å²) < 4.78 is 0. The van der Waals surface area contributed by atoms with Crippen LogP contribution >= 0.6 is 35.6 Å². The maximum Gasteiger partial charge on any atom is 0.261 e. The molecule has 2 N–H and O–H groups in total. The van der Waals surface area contributed by atoms with Crippen molar-refractivity contribution < 1.29 is 9.59 Å². The van der Waals surface area contributed by atoms with Crippen molar-refractivity contribution in [2.45, 2.75) is 12.8 Å². The molecule has 0 aromatic heterocycles. The summed E-state index contributed by atoms with van der Waals surface area (Å²) in [6.07, 6.45) is 1.46. The maximum atomic E-state index is 12.4. The summed E-state index contributed by atoms with van der Waals surface area (Å²) in [4.78, 5) is 35.0. The second kappa shape index (κ2) is 11.0. The van der Waals surface area contributed by atoms with Gasteiger partial charge in [0.2, 0.25) is 0 Å². The highest BCUT2D eigenvalue weighted by Crippen LogP contribution is 2.23. The van der Waals surface area contributed by atoms with Gasteiger partial charge in [-0.2, -0.15) is 0 Å². The van der Waals surface area contributed by atoms with Crippen LogP contribution in [0, 0.1) is 0 Å². The molecule has 1 saturated heterocycles. The van der Waals surface area contributed by atoms with Crippen molar-refractivity contribution in [1.82, 2.24) is 9.80 Å². The Hall–Kier alpha value is -2.33. The molecule has 0 aliphatic carbocycles. The van der Waals surface area contributed by atoms with Gasteiger partial charge in [0.25, 0.3) is 11.8 Å². The minimum Gasteiger partial charge on any atom is -0.370 e. The van der Waals surface area contributed by atoms with Gasteiger partial charge in [0, 0.05) is 50.0 Å². The van der Waals surface area contributed by atoms with Gasteiger partial charge in [-0.05, 0) is 49.2 Å². The Bertz CT molecular complexity index is 955. The molecule has 2 aliphatic rings. The lowest BCUT2D eigenvalue weighted by molar-refractivity contribution is 0.0652. The van der Waals surface area contributed by atoms with Crippen LogP contribution in [0.4, 0.5) is 5.69 Å². The predicted octanol–water partition coefficient (Wildman–Crippen LogP) is 3.47. The number of rotatable bonds is 6. The standard InChI is InChI=1S/C23H26ClN5O2.HI/c24-17-7-9-18(10-8-17)27-13-15-28(16-14-27)23(25)26-11-3-4-12-29-21(30)19-5-1-2-6-20(19)22(29)31;/h1-2,5-10H,3-4,11-16H2,(H2,25,26);1H. The molecule has 0 unspecified atom stereocenters. The average molecular weight is 568 g/mol. The summed E-state index contributed by atoms with van der Waals surface area (Å²) in [6, 6.07) is 14.8. The number of aliphatic imine (C=N–C) groups is 1. The average Bonchev–Trinajstić information content (AvgIpc) is 3.04.